The summed E-state index contributed by atoms with van der Waals surface area (Å²) in [5, 5.41) is 6.99. The van der Waals surface area contributed by atoms with Crippen molar-refractivity contribution < 1.29 is 28.5 Å². The molecule has 3 atom stereocenters. The van der Waals surface area contributed by atoms with Crippen LogP contribution in [-0.2, 0) is 52.1 Å². The molecule has 1 N–H and O–H groups in total. The van der Waals surface area contributed by atoms with Crippen molar-refractivity contribution in [1.29, 1.82) is 0 Å². The van der Waals surface area contributed by atoms with E-state index in [0.717, 1.165) is 33.6 Å². The molecule has 16 nitrogen and oxygen atoms in total. The fourth-order valence-corrected chi connectivity index (χ4v) is 12.4. The third kappa shape index (κ3) is 7.93. The van der Waals surface area contributed by atoms with Crippen molar-refractivity contribution in [2.45, 2.75) is 69.6 Å². The number of carbonyl (C=O) groups excluding carboxylic acids is 5. The molecule has 6 heterocycles. The third-order valence-electron chi connectivity index (χ3n) is 16.1. The second-order valence-electron chi connectivity index (χ2n) is 21.4. The highest BCUT2D eigenvalue weighted by Crippen LogP contribution is 2.55. The minimum Gasteiger partial charge on any atom is -0.360 e. The molecule has 0 bridgehead atoms. The number of carbonyl (C=O) groups is 5. The van der Waals surface area contributed by atoms with Gasteiger partial charge in [0, 0.05) is 41.4 Å². The van der Waals surface area contributed by atoms with Crippen molar-refractivity contribution in [2.24, 2.45) is 10.8 Å². The van der Waals surface area contributed by atoms with Gasteiger partial charge >= 0.3 is 0 Å². The van der Waals surface area contributed by atoms with Crippen LogP contribution in [0, 0.1) is 24.0 Å². The maximum atomic E-state index is 13.9. The molecule has 0 saturated carbocycles. The number of anilines is 2. The van der Waals surface area contributed by atoms with E-state index in [1.54, 1.807) is 68.5 Å². The van der Waals surface area contributed by atoms with Gasteiger partial charge in [-0.15, -0.1) is 0 Å². The number of amides is 3. The lowest BCUT2D eigenvalue weighted by Crippen LogP contribution is -2.56. The molecule has 6 aliphatic rings. The van der Waals surface area contributed by atoms with Crippen molar-refractivity contribution in [1.82, 2.24) is 30.4 Å². The highest BCUT2D eigenvalue weighted by molar-refractivity contribution is 6.15. The van der Waals surface area contributed by atoms with E-state index < -0.39 is 27.1 Å². The Balaban J connectivity index is 0.000000133. The molecule has 16 heteroatoms. The third-order valence-corrected chi connectivity index (χ3v) is 16.1. The summed E-state index contributed by atoms with van der Waals surface area (Å²) >= 11 is 0. The number of fused-ring (bicyclic) bond motifs is 4. The van der Waals surface area contributed by atoms with Gasteiger partial charge in [-0.1, -0.05) is 154 Å². The molecule has 3 aliphatic heterocycles. The summed E-state index contributed by atoms with van der Waals surface area (Å²) in [5.41, 5.74) is 1.80. The smallest absolute Gasteiger partial charge is 0.244 e. The lowest BCUT2D eigenvalue weighted by Gasteiger charge is -2.48. The zero-order valence-corrected chi connectivity index (χ0v) is 43.9. The second-order valence-corrected chi connectivity index (χ2v) is 21.4. The minimum absolute atomic E-state index is 0.00878. The first-order valence-electron chi connectivity index (χ1n) is 25.4. The van der Waals surface area contributed by atoms with Gasteiger partial charge in [0.25, 0.3) is 0 Å². The first-order valence-corrected chi connectivity index (χ1v) is 25.4. The molecule has 3 amide bonds. The first kappa shape index (κ1) is 51.9. The molecule has 0 saturated heterocycles. The van der Waals surface area contributed by atoms with Gasteiger partial charge in [0.2, 0.25) is 29.1 Å². The molecule has 6 aromatic rings. The number of rotatable bonds is 5. The van der Waals surface area contributed by atoms with Crippen molar-refractivity contribution in [2.75, 3.05) is 29.4 Å². The number of benzene rings is 3. The Bertz CT molecular complexity index is 3490. The second kappa shape index (κ2) is 19.5. The Morgan fingerprint density at radius 1 is 0.538 bits per heavy atom. The van der Waals surface area contributed by atoms with Crippen LogP contribution in [0.2, 0.25) is 0 Å². The van der Waals surface area contributed by atoms with Crippen LogP contribution in [0.15, 0.2) is 198 Å². The Morgan fingerprint density at radius 3 is 1.38 bits per heavy atom. The standard InChI is InChI=1S/2C22H18N4O2.C18H18N2O2/c2*1-21(2)18-9-10-26(16-12-24-14-25-13-16)20(28)22(18,11-17(23-3)19(21)27)15-7-5-4-6-8-15;1-17(2)14-8-9-19-16(21)18(14,13-6-4-3-5-7-13)10-12-11-20-22-15(12)17/h2*4-9,11-14H,10H2,1-2H3;3-8,11H,9-10H2,1-2H3,(H,19,21)/t2*22-;/m10./s1. The van der Waals surface area contributed by atoms with Crippen LogP contribution in [0.4, 0.5) is 11.4 Å². The molecule has 3 aromatic carbocycles. The van der Waals surface area contributed by atoms with E-state index in [-0.39, 0.29) is 46.1 Å². The largest absolute Gasteiger partial charge is 0.360 e. The SMILES string of the molecule is CC1(C)C2=CCNC(=O)C2(c2ccccc2)Cc2cnoc21.[C-]#[N+]C1=C[C@@]2(c3ccccc3)C(=O)N(c3cncnc3)CC=C2C(C)(C)C1=O.[C-]#[N+]C1=C[C@]2(c3ccccc3)C(=O)N(c3cncnc3)CC=C2C(C)(C)C1=O. The van der Waals surface area contributed by atoms with E-state index in [4.69, 9.17) is 17.7 Å². The van der Waals surface area contributed by atoms with Gasteiger partial charge in [0.15, 0.2) is 11.6 Å². The molecule has 0 fully saturated rings. The number of nitrogens with zero attached hydrogens (tertiary/aromatic N) is 9. The van der Waals surface area contributed by atoms with E-state index in [1.165, 1.54) is 24.8 Å². The van der Waals surface area contributed by atoms with Gasteiger partial charge in [-0.05, 0) is 53.7 Å². The molecule has 388 valence electrons. The molecule has 0 radical (unpaired) electrons. The molecular formula is C62H54N10O6. The van der Waals surface area contributed by atoms with E-state index in [1.807, 2.05) is 103 Å². The average molecular weight is 1040 g/mol. The van der Waals surface area contributed by atoms with Gasteiger partial charge in [0.1, 0.15) is 34.7 Å². The highest BCUT2D eigenvalue weighted by atomic mass is 16.5. The maximum Gasteiger partial charge on any atom is 0.244 e. The van der Waals surface area contributed by atoms with Crippen LogP contribution in [0.25, 0.3) is 9.69 Å². The quantitative estimate of drug-likeness (QED) is 0.128. The van der Waals surface area contributed by atoms with Crippen LogP contribution in [-0.4, -0.2) is 74.0 Å². The maximum absolute atomic E-state index is 13.9. The van der Waals surface area contributed by atoms with Crippen molar-refractivity contribution in [3.63, 3.8) is 0 Å². The van der Waals surface area contributed by atoms with Crippen LogP contribution in [0.1, 0.15) is 69.6 Å². The number of nitrogens with one attached hydrogen (secondary N) is 1. The van der Waals surface area contributed by atoms with Gasteiger partial charge in [0.05, 0.1) is 55.5 Å². The summed E-state index contributed by atoms with van der Waals surface area (Å²) in [5.74, 6) is -0.00853. The minimum atomic E-state index is -1.22. The topological polar surface area (TPSA) is 190 Å². The van der Waals surface area contributed by atoms with Gasteiger partial charge in [-0.25, -0.2) is 29.6 Å². The highest BCUT2D eigenvalue weighted by Gasteiger charge is 2.59. The van der Waals surface area contributed by atoms with Gasteiger partial charge in [-0.2, -0.15) is 0 Å². The van der Waals surface area contributed by atoms with Gasteiger partial charge in [-0.3, -0.25) is 14.4 Å². The Labute approximate surface area is 451 Å². The summed E-state index contributed by atoms with van der Waals surface area (Å²) in [6.07, 6.45) is 20.6. The number of ketones is 2. The summed E-state index contributed by atoms with van der Waals surface area (Å²) in [4.78, 5) is 92.8. The van der Waals surface area contributed by atoms with E-state index in [9.17, 15) is 24.0 Å². The lowest BCUT2D eigenvalue weighted by atomic mass is 9.56. The van der Waals surface area contributed by atoms with Crippen molar-refractivity contribution in [3.05, 3.63) is 244 Å². The Hall–Kier alpha value is -9.54. The lowest BCUT2D eigenvalue weighted by molar-refractivity contribution is -0.127. The zero-order valence-electron chi connectivity index (χ0n) is 43.9. The number of aromatic nitrogens is 5. The summed E-state index contributed by atoms with van der Waals surface area (Å²) in [6.45, 7) is 27.6. The van der Waals surface area contributed by atoms with Crippen LogP contribution in [0.5, 0.6) is 0 Å². The van der Waals surface area contributed by atoms with E-state index >= 15 is 0 Å². The fraction of sp³-hybridized carbons (Fsp3) is 0.258. The monoisotopic (exact) mass is 1030 g/mol. The number of allylic oxidation sites excluding steroid dienone is 2. The van der Waals surface area contributed by atoms with E-state index in [0.29, 0.717) is 48.6 Å². The first-order chi connectivity index (χ1) is 37.4. The van der Waals surface area contributed by atoms with Crippen LogP contribution >= 0.6 is 0 Å². The van der Waals surface area contributed by atoms with Crippen molar-refractivity contribution >= 4 is 40.7 Å². The van der Waals surface area contributed by atoms with Crippen LogP contribution in [0.3, 0.4) is 0 Å². The summed E-state index contributed by atoms with van der Waals surface area (Å²) in [7, 11) is 0. The molecule has 78 heavy (non-hydrogen) atoms. The van der Waals surface area contributed by atoms with Crippen LogP contribution < -0.4 is 15.1 Å². The van der Waals surface area contributed by atoms with Crippen molar-refractivity contribution in [3.8, 4) is 0 Å². The summed E-state index contributed by atoms with van der Waals surface area (Å²) < 4.78 is 5.51. The molecular weight excluding hydrogens is 981 g/mol. The molecule has 0 spiro atoms. The molecule has 3 aliphatic carbocycles. The predicted molar refractivity (Wildman–Crippen MR) is 291 cm³/mol. The predicted octanol–water partition coefficient (Wildman–Crippen LogP) is 8.70. The molecule has 3 aromatic heterocycles. The zero-order chi connectivity index (χ0) is 55.3. The number of hydrogen-bond donors (Lipinski definition) is 1. The van der Waals surface area contributed by atoms with Gasteiger partial charge < -0.3 is 29.2 Å². The fourth-order valence-electron chi connectivity index (χ4n) is 12.4. The summed E-state index contributed by atoms with van der Waals surface area (Å²) in [6, 6.07) is 28.6. The Kier molecular flexibility index (Phi) is 13.0. The van der Waals surface area contributed by atoms with E-state index in [2.05, 4.69) is 60.0 Å². The number of Topliss-reactive ketones (excluding diaryl/α,β-unsaturated/α-hetero) is 2. The Morgan fingerprint density at radius 2 is 0.962 bits per heavy atom. The molecule has 12 rings (SSSR count). The molecule has 1 unspecified atom stereocenters. The number of hydrogen-bond acceptors (Lipinski definition) is 11. The average Bonchev–Trinajstić information content (AvgIpc) is 3.46. The normalized spacial score (nSPS) is 24.1.